The first-order valence-corrected chi connectivity index (χ1v) is 6.29. The molecule has 1 spiro atoms. The average molecular weight is 211 g/mol. The molecular formula is C13H25NO. The molecule has 1 saturated heterocycles. The van der Waals surface area contributed by atoms with Crippen LogP contribution in [0.15, 0.2) is 0 Å². The normalized spacial score (nSPS) is 32.6. The van der Waals surface area contributed by atoms with E-state index in [2.05, 4.69) is 27.7 Å². The summed E-state index contributed by atoms with van der Waals surface area (Å²) in [6.45, 7) is 11.1. The molecule has 0 aromatic carbocycles. The molecule has 1 heterocycles. The van der Waals surface area contributed by atoms with Gasteiger partial charge in [-0.2, -0.15) is 0 Å². The Balaban J connectivity index is 2.28. The van der Waals surface area contributed by atoms with Gasteiger partial charge >= 0.3 is 0 Å². The summed E-state index contributed by atoms with van der Waals surface area (Å²) in [6.07, 6.45) is 2.55. The molecule has 1 aliphatic heterocycles. The van der Waals surface area contributed by atoms with Gasteiger partial charge in [0.25, 0.3) is 0 Å². The molecular weight excluding hydrogens is 186 g/mol. The first-order chi connectivity index (χ1) is 6.96. The second-order valence-corrected chi connectivity index (χ2v) is 6.25. The number of hydrogen-bond donors (Lipinski definition) is 1. The molecule has 1 saturated carbocycles. The molecule has 2 heteroatoms. The van der Waals surface area contributed by atoms with Crippen molar-refractivity contribution in [1.29, 1.82) is 0 Å². The van der Waals surface area contributed by atoms with Crippen molar-refractivity contribution in [3.8, 4) is 0 Å². The van der Waals surface area contributed by atoms with E-state index in [0.29, 0.717) is 28.7 Å². The third kappa shape index (κ3) is 1.31. The highest BCUT2D eigenvalue weighted by Crippen LogP contribution is 2.58. The Morgan fingerprint density at radius 2 is 1.60 bits per heavy atom. The topological polar surface area (TPSA) is 35.2 Å². The van der Waals surface area contributed by atoms with Crippen molar-refractivity contribution < 1.29 is 4.74 Å². The predicted molar refractivity (Wildman–Crippen MR) is 62.6 cm³/mol. The zero-order valence-corrected chi connectivity index (χ0v) is 10.5. The highest BCUT2D eigenvalue weighted by molar-refractivity contribution is 5.12. The Labute approximate surface area is 93.6 Å². The van der Waals surface area contributed by atoms with Crippen LogP contribution in [0.3, 0.4) is 0 Å². The van der Waals surface area contributed by atoms with Gasteiger partial charge in [0, 0.05) is 11.5 Å². The molecule has 0 unspecified atom stereocenters. The van der Waals surface area contributed by atoms with E-state index in [1.54, 1.807) is 0 Å². The van der Waals surface area contributed by atoms with Crippen LogP contribution < -0.4 is 5.73 Å². The molecule has 1 atom stereocenters. The lowest BCUT2D eigenvalue weighted by molar-refractivity contribution is -0.130. The summed E-state index contributed by atoms with van der Waals surface area (Å²) in [5, 5.41) is 0. The van der Waals surface area contributed by atoms with Crippen molar-refractivity contribution in [3.05, 3.63) is 0 Å². The molecule has 15 heavy (non-hydrogen) atoms. The standard InChI is InChI=1S/C13H25NO/c1-9(2)13(10(3)4)6-5-12(11(13)14)7-15-8-12/h9-11H,5-8,14H2,1-4H3/t11-/m1/s1. The van der Waals surface area contributed by atoms with E-state index in [0.717, 1.165) is 13.2 Å². The second kappa shape index (κ2) is 3.46. The average Bonchev–Trinajstić information content (AvgIpc) is 2.38. The van der Waals surface area contributed by atoms with Gasteiger partial charge in [-0.1, -0.05) is 27.7 Å². The molecule has 0 bridgehead atoms. The summed E-state index contributed by atoms with van der Waals surface area (Å²) in [4.78, 5) is 0. The van der Waals surface area contributed by atoms with Crippen molar-refractivity contribution in [1.82, 2.24) is 0 Å². The van der Waals surface area contributed by atoms with Gasteiger partial charge in [-0.15, -0.1) is 0 Å². The Kier molecular flexibility index (Phi) is 2.63. The van der Waals surface area contributed by atoms with Crippen molar-refractivity contribution in [2.75, 3.05) is 13.2 Å². The van der Waals surface area contributed by atoms with Gasteiger partial charge in [0.2, 0.25) is 0 Å². The number of nitrogens with two attached hydrogens (primary N) is 1. The van der Waals surface area contributed by atoms with Crippen LogP contribution in [-0.4, -0.2) is 19.3 Å². The molecule has 0 aromatic rings. The fraction of sp³-hybridized carbons (Fsp3) is 1.00. The van der Waals surface area contributed by atoms with E-state index in [1.807, 2.05) is 0 Å². The highest BCUT2D eigenvalue weighted by Gasteiger charge is 2.60. The van der Waals surface area contributed by atoms with Crippen LogP contribution in [0.25, 0.3) is 0 Å². The molecule has 1 aliphatic carbocycles. The van der Waals surface area contributed by atoms with E-state index in [9.17, 15) is 0 Å². The van der Waals surface area contributed by atoms with Gasteiger partial charge in [-0.25, -0.2) is 0 Å². The Bertz CT molecular complexity index is 235. The molecule has 2 rings (SSSR count). The summed E-state index contributed by atoms with van der Waals surface area (Å²) in [7, 11) is 0. The van der Waals surface area contributed by atoms with Crippen LogP contribution in [-0.2, 0) is 4.74 Å². The van der Waals surface area contributed by atoms with E-state index >= 15 is 0 Å². The van der Waals surface area contributed by atoms with Gasteiger partial charge in [-0.3, -0.25) is 0 Å². The van der Waals surface area contributed by atoms with Gasteiger partial charge in [-0.05, 0) is 30.1 Å². The van der Waals surface area contributed by atoms with E-state index in [1.165, 1.54) is 12.8 Å². The second-order valence-electron chi connectivity index (χ2n) is 6.25. The first kappa shape index (κ1) is 11.4. The summed E-state index contributed by atoms with van der Waals surface area (Å²) in [6, 6.07) is 0.332. The maximum Gasteiger partial charge on any atom is 0.0559 e. The van der Waals surface area contributed by atoms with Crippen molar-refractivity contribution >= 4 is 0 Å². The van der Waals surface area contributed by atoms with Gasteiger partial charge in [0.1, 0.15) is 0 Å². The summed E-state index contributed by atoms with van der Waals surface area (Å²) in [5.41, 5.74) is 7.24. The maximum absolute atomic E-state index is 6.58. The molecule has 2 nitrogen and oxygen atoms in total. The fourth-order valence-corrected chi connectivity index (χ4v) is 4.00. The van der Waals surface area contributed by atoms with E-state index < -0.39 is 0 Å². The van der Waals surface area contributed by atoms with Crippen LogP contribution in [0.5, 0.6) is 0 Å². The molecule has 2 aliphatic rings. The zero-order valence-electron chi connectivity index (χ0n) is 10.5. The van der Waals surface area contributed by atoms with Crippen LogP contribution in [0, 0.1) is 22.7 Å². The van der Waals surface area contributed by atoms with Crippen molar-refractivity contribution in [2.45, 2.75) is 46.6 Å². The van der Waals surface area contributed by atoms with Crippen LogP contribution >= 0.6 is 0 Å². The largest absolute Gasteiger partial charge is 0.380 e. The quantitative estimate of drug-likeness (QED) is 0.761. The fourth-order valence-electron chi connectivity index (χ4n) is 4.00. The number of ether oxygens (including phenoxy) is 1. The first-order valence-electron chi connectivity index (χ1n) is 6.29. The minimum absolute atomic E-state index is 0.328. The summed E-state index contributed by atoms with van der Waals surface area (Å²) in [5.74, 6) is 1.35. The third-order valence-electron chi connectivity index (χ3n) is 5.22. The maximum atomic E-state index is 6.58. The third-order valence-corrected chi connectivity index (χ3v) is 5.22. The van der Waals surface area contributed by atoms with Gasteiger partial charge in [0.05, 0.1) is 13.2 Å². The monoisotopic (exact) mass is 211 g/mol. The number of rotatable bonds is 2. The summed E-state index contributed by atoms with van der Waals surface area (Å²) >= 11 is 0. The van der Waals surface area contributed by atoms with E-state index in [-0.39, 0.29) is 0 Å². The Morgan fingerprint density at radius 1 is 1.07 bits per heavy atom. The summed E-state index contributed by atoms with van der Waals surface area (Å²) < 4.78 is 5.40. The molecule has 2 fully saturated rings. The lowest BCUT2D eigenvalue weighted by Crippen LogP contribution is -2.59. The van der Waals surface area contributed by atoms with Crippen LogP contribution in [0.4, 0.5) is 0 Å². The van der Waals surface area contributed by atoms with Crippen LogP contribution in [0.1, 0.15) is 40.5 Å². The lowest BCUT2D eigenvalue weighted by Gasteiger charge is -2.49. The Hall–Kier alpha value is -0.0800. The van der Waals surface area contributed by atoms with Gasteiger partial charge < -0.3 is 10.5 Å². The highest BCUT2D eigenvalue weighted by atomic mass is 16.5. The predicted octanol–water partition coefficient (Wildman–Crippen LogP) is 2.42. The SMILES string of the molecule is CC(C)C1(C(C)C)CCC2(COC2)[C@H]1N. The molecule has 0 radical (unpaired) electrons. The minimum Gasteiger partial charge on any atom is -0.380 e. The molecule has 88 valence electrons. The smallest absolute Gasteiger partial charge is 0.0559 e. The Morgan fingerprint density at radius 3 is 1.80 bits per heavy atom. The van der Waals surface area contributed by atoms with E-state index in [4.69, 9.17) is 10.5 Å². The van der Waals surface area contributed by atoms with Crippen LogP contribution in [0.2, 0.25) is 0 Å². The van der Waals surface area contributed by atoms with Crippen molar-refractivity contribution in [3.63, 3.8) is 0 Å². The molecule has 2 N–H and O–H groups in total. The molecule has 0 amide bonds. The zero-order chi connectivity index (χ0) is 11.3. The molecule has 0 aromatic heterocycles. The lowest BCUT2D eigenvalue weighted by atomic mass is 9.62. The van der Waals surface area contributed by atoms with Crippen molar-refractivity contribution in [2.24, 2.45) is 28.4 Å². The number of hydrogen-bond acceptors (Lipinski definition) is 2. The van der Waals surface area contributed by atoms with Gasteiger partial charge in [0.15, 0.2) is 0 Å². The minimum atomic E-state index is 0.328.